The van der Waals surface area contributed by atoms with Gasteiger partial charge in [0.15, 0.2) is 11.5 Å². The van der Waals surface area contributed by atoms with Crippen molar-refractivity contribution in [2.24, 2.45) is 5.10 Å². The zero-order chi connectivity index (χ0) is 19.5. The lowest BCUT2D eigenvalue weighted by molar-refractivity contribution is -0.130. The quantitative estimate of drug-likeness (QED) is 0.774. The molecule has 0 bridgehead atoms. The van der Waals surface area contributed by atoms with E-state index in [1.807, 2.05) is 42.5 Å². The molecular weight excluding hydrogens is 354 g/mol. The molecule has 0 atom stereocenters. The van der Waals surface area contributed by atoms with E-state index in [0.717, 1.165) is 42.0 Å². The standard InChI is InChI=1S/C22H25N3O3/c1-3-24(4-2)10-11-25-21(26)13-17-12-19-20(28-15-27-19)14-18(17)22(23-25)16-8-6-5-7-9-16/h5-9,12,14H,3-4,10-11,13,15H2,1-2H3. The monoisotopic (exact) mass is 379 g/mol. The summed E-state index contributed by atoms with van der Waals surface area (Å²) in [5, 5.41) is 6.43. The summed E-state index contributed by atoms with van der Waals surface area (Å²) in [5.74, 6) is 1.39. The van der Waals surface area contributed by atoms with Crippen molar-refractivity contribution in [3.8, 4) is 11.5 Å². The molecule has 0 N–H and O–H groups in total. The van der Waals surface area contributed by atoms with E-state index in [9.17, 15) is 4.79 Å². The minimum Gasteiger partial charge on any atom is -0.454 e. The largest absolute Gasteiger partial charge is 0.454 e. The Labute approximate surface area is 165 Å². The number of hydrogen-bond acceptors (Lipinski definition) is 5. The second-order valence-electron chi connectivity index (χ2n) is 6.90. The van der Waals surface area contributed by atoms with Crippen molar-refractivity contribution in [1.29, 1.82) is 0 Å². The number of carbonyl (C=O) groups excluding carboxylic acids is 1. The van der Waals surface area contributed by atoms with Crippen LogP contribution < -0.4 is 9.47 Å². The molecular formula is C22H25N3O3. The molecule has 0 saturated heterocycles. The van der Waals surface area contributed by atoms with Gasteiger partial charge in [-0.2, -0.15) is 5.10 Å². The summed E-state index contributed by atoms with van der Waals surface area (Å²) in [5.41, 5.74) is 3.61. The molecule has 146 valence electrons. The van der Waals surface area contributed by atoms with Crippen LogP contribution in [0.25, 0.3) is 0 Å². The van der Waals surface area contributed by atoms with E-state index >= 15 is 0 Å². The molecule has 2 aliphatic rings. The fourth-order valence-corrected chi connectivity index (χ4v) is 3.60. The van der Waals surface area contributed by atoms with Gasteiger partial charge >= 0.3 is 0 Å². The number of likely N-dealkylation sites (N-methyl/N-ethyl adjacent to an activating group) is 1. The highest BCUT2D eigenvalue weighted by atomic mass is 16.7. The molecule has 2 aliphatic heterocycles. The molecule has 2 aromatic carbocycles. The molecule has 4 rings (SSSR count). The number of benzene rings is 2. The highest BCUT2D eigenvalue weighted by Crippen LogP contribution is 2.37. The van der Waals surface area contributed by atoms with Crippen LogP contribution in [-0.2, 0) is 11.2 Å². The van der Waals surface area contributed by atoms with Crippen molar-refractivity contribution in [2.75, 3.05) is 33.0 Å². The van der Waals surface area contributed by atoms with Gasteiger partial charge in [-0.05, 0) is 30.8 Å². The summed E-state index contributed by atoms with van der Waals surface area (Å²) in [7, 11) is 0. The topological polar surface area (TPSA) is 54.4 Å². The SMILES string of the molecule is CCN(CC)CCN1N=C(c2ccccc2)c2cc3c(cc2CC1=O)OCO3. The van der Waals surface area contributed by atoms with E-state index in [1.165, 1.54) is 0 Å². The summed E-state index contributed by atoms with van der Waals surface area (Å²) < 4.78 is 11.1. The Hall–Kier alpha value is -2.86. The van der Waals surface area contributed by atoms with Crippen LogP contribution in [0.15, 0.2) is 47.6 Å². The lowest BCUT2D eigenvalue weighted by atomic mass is 9.95. The third-order valence-electron chi connectivity index (χ3n) is 5.27. The first-order chi connectivity index (χ1) is 13.7. The van der Waals surface area contributed by atoms with Crippen LogP contribution in [0.1, 0.15) is 30.5 Å². The summed E-state index contributed by atoms with van der Waals surface area (Å²) in [6.45, 7) is 7.74. The average Bonchev–Trinajstić information content (AvgIpc) is 3.13. The van der Waals surface area contributed by atoms with Gasteiger partial charge in [-0.1, -0.05) is 44.2 Å². The highest BCUT2D eigenvalue weighted by Gasteiger charge is 2.27. The predicted molar refractivity (Wildman–Crippen MR) is 108 cm³/mol. The lowest BCUT2D eigenvalue weighted by Crippen LogP contribution is -2.36. The molecule has 0 spiro atoms. The van der Waals surface area contributed by atoms with Crippen LogP contribution in [0.2, 0.25) is 0 Å². The van der Waals surface area contributed by atoms with Gasteiger partial charge < -0.3 is 14.4 Å². The van der Waals surface area contributed by atoms with Gasteiger partial charge in [0.1, 0.15) is 0 Å². The smallest absolute Gasteiger partial charge is 0.247 e. The van der Waals surface area contributed by atoms with E-state index in [1.54, 1.807) is 5.01 Å². The molecule has 2 heterocycles. The number of nitrogens with zero attached hydrogens (tertiary/aromatic N) is 3. The molecule has 28 heavy (non-hydrogen) atoms. The van der Waals surface area contributed by atoms with Gasteiger partial charge in [0.05, 0.1) is 18.7 Å². The molecule has 0 radical (unpaired) electrons. The van der Waals surface area contributed by atoms with Gasteiger partial charge in [0, 0.05) is 17.7 Å². The summed E-state index contributed by atoms with van der Waals surface area (Å²) >= 11 is 0. The van der Waals surface area contributed by atoms with Crippen molar-refractivity contribution in [2.45, 2.75) is 20.3 Å². The zero-order valence-electron chi connectivity index (χ0n) is 16.4. The fourth-order valence-electron chi connectivity index (χ4n) is 3.60. The maximum absolute atomic E-state index is 13.0. The fraction of sp³-hybridized carbons (Fsp3) is 0.364. The molecule has 0 fully saturated rings. The first-order valence-electron chi connectivity index (χ1n) is 9.79. The van der Waals surface area contributed by atoms with E-state index in [0.29, 0.717) is 24.5 Å². The Morgan fingerprint density at radius 2 is 1.79 bits per heavy atom. The minimum absolute atomic E-state index is 0.00166. The van der Waals surface area contributed by atoms with E-state index in [4.69, 9.17) is 14.6 Å². The number of hydrazone groups is 1. The molecule has 6 nitrogen and oxygen atoms in total. The van der Waals surface area contributed by atoms with Crippen LogP contribution in [0.4, 0.5) is 0 Å². The Kier molecular flexibility index (Phi) is 5.30. The maximum atomic E-state index is 13.0. The Morgan fingerprint density at radius 3 is 2.50 bits per heavy atom. The zero-order valence-corrected chi connectivity index (χ0v) is 16.4. The number of rotatable bonds is 6. The Morgan fingerprint density at radius 1 is 1.07 bits per heavy atom. The lowest BCUT2D eigenvalue weighted by Gasteiger charge is -2.22. The average molecular weight is 379 g/mol. The second-order valence-corrected chi connectivity index (χ2v) is 6.90. The van der Waals surface area contributed by atoms with Crippen molar-refractivity contribution in [1.82, 2.24) is 9.91 Å². The number of hydrogen-bond donors (Lipinski definition) is 0. The third-order valence-corrected chi connectivity index (χ3v) is 5.27. The number of fused-ring (bicyclic) bond motifs is 2. The normalized spacial score (nSPS) is 15.5. The van der Waals surface area contributed by atoms with Crippen molar-refractivity contribution < 1.29 is 14.3 Å². The van der Waals surface area contributed by atoms with Gasteiger partial charge in [0.2, 0.25) is 12.7 Å². The van der Waals surface area contributed by atoms with Crippen LogP contribution in [0, 0.1) is 0 Å². The van der Waals surface area contributed by atoms with Gasteiger partial charge in [-0.25, -0.2) is 5.01 Å². The summed E-state index contributed by atoms with van der Waals surface area (Å²) in [4.78, 5) is 15.3. The molecule has 6 heteroatoms. The summed E-state index contributed by atoms with van der Waals surface area (Å²) in [6.07, 6.45) is 0.296. The Bertz CT molecular complexity index is 891. The number of carbonyl (C=O) groups is 1. The molecule has 0 aromatic heterocycles. The van der Waals surface area contributed by atoms with Crippen LogP contribution in [-0.4, -0.2) is 54.5 Å². The third kappa shape index (κ3) is 3.60. The second kappa shape index (κ2) is 8.02. The molecule has 0 unspecified atom stereocenters. The van der Waals surface area contributed by atoms with E-state index in [2.05, 4.69) is 18.7 Å². The Balaban J connectivity index is 1.75. The van der Waals surface area contributed by atoms with Gasteiger partial charge in [0.25, 0.3) is 0 Å². The van der Waals surface area contributed by atoms with E-state index < -0.39 is 0 Å². The van der Waals surface area contributed by atoms with Crippen LogP contribution in [0.5, 0.6) is 11.5 Å². The molecule has 1 amide bonds. The van der Waals surface area contributed by atoms with Crippen molar-refractivity contribution in [3.63, 3.8) is 0 Å². The summed E-state index contributed by atoms with van der Waals surface area (Å²) in [6, 6.07) is 13.9. The van der Waals surface area contributed by atoms with Crippen molar-refractivity contribution in [3.05, 3.63) is 59.2 Å². The predicted octanol–water partition coefficient (Wildman–Crippen LogP) is 2.89. The highest BCUT2D eigenvalue weighted by molar-refractivity contribution is 6.15. The number of amides is 1. The number of ether oxygens (including phenoxy) is 2. The van der Waals surface area contributed by atoms with Gasteiger partial charge in [-0.15, -0.1) is 0 Å². The first-order valence-corrected chi connectivity index (χ1v) is 9.79. The van der Waals surface area contributed by atoms with Gasteiger partial charge in [-0.3, -0.25) is 4.79 Å². The van der Waals surface area contributed by atoms with Crippen LogP contribution in [0.3, 0.4) is 0 Å². The molecule has 0 saturated carbocycles. The molecule has 0 aliphatic carbocycles. The minimum atomic E-state index is -0.00166. The van der Waals surface area contributed by atoms with Crippen LogP contribution >= 0.6 is 0 Å². The van der Waals surface area contributed by atoms with E-state index in [-0.39, 0.29) is 12.7 Å². The van der Waals surface area contributed by atoms with Crippen molar-refractivity contribution >= 4 is 11.6 Å². The first kappa shape index (κ1) is 18.5. The maximum Gasteiger partial charge on any atom is 0.247 e. The molecule has 2 aromatic rings.